The molecular weight excluding hydrogens is 324 g/mol. The van der Waals surface area contributed by atoms with Crippen molar-refractivity contribution in [3.05, 3.63) is 90.5 Å². The molecule has 0 heterocycles. The highest BCUT2D eigenvalue weighted by Crippen LogP contribution is 2.29. The van der Waals surface area contributed by atoms with Gasteiger partial charge in [-0.2, -0.15) is 0 Å². The van der Waals surface area contributed by atoms with Gasteiger partial charge < -0.3 is 15.4 Å². The SMILES string of the molecule is CCC(NC(=O)Nc1ccccc1Oc1ccccc1)c1ccccc1. The first-order valence-corrected chi connectivity index (χ1v) is 8.70. The van der Waals surface area contributed by atoms with Gasteiger partial charge in [0.2, 0.25) is 0 Å². The zero-order valence-corrected chi connectivity index (χ0v) is 14.7. The van der Waals surface area contributed by atoms with Gasteiger partial charge in [-0.1, -0.05) is 67.6 Å². The van der Waals surface area contributed by atoms with Gasteiger partial charge in [0.15, 0.2) is 5.75 Å². The monoisotopic (exact) mass is 346 g/mol. The maximum Gasteiger partial charge on any atom is 0.319 e. The third-order valence-electron chi connectivity index (χ3n) is 4.02. The second-order valence-electron chi connectivity index (χ2n) is 5.88. The molecule has 0 fully saturated rings. The van der Waals surface area contributed by atoms with E-state index in [-0.39, 0.29) is 12.1 Å². The van der Waals surface area contributed by atoms with E-state index in [1.54, 1.807) is 0 Å². The van der Waals surface area contributed by atoms with Crippen molar-refractivity contribution in [2.24, 2.45) is 0 Å². The summed E-state index contributed by atoms with van der Waals surface area (Å²) in [5.74, 6) is 1.32. The van der Waals surface area contributed by atoms with E-state index in [9.17, 15) is 4.79 Å². The van der Waals surface area contributed by atoms with Crippen molar-refractivity contribution in [3.8, 4) is 11.5 Å². The second-order valence-corrected chi connectivity index (χ2v) is 5.88. The maximum atomic E-state index is 12.5. The summed E-state index contributed by atoms with van der Waals surface area (Å²) in [5, 5.41) is 5.91. The van der Waals surface area contributed by atoms with Gasteiger partial charge in [0.1, 0.15) is 5.75 Å². The number of rotatable bonds is 6. The molecule has 0 aliphatic rings. The van der Waals surface area contributed by atoms with E-state index >= 15 is 0 Å². The number of hydrogen-bond acceptors (Lipinski definition) is 2. The molecule has 26 heavy (non-hydrogen) atoms. The van der Waals surface area contributed by atoms with Crippen molar-refractivity contribution in [1.82, 2.24) is 5.32 Å². The smallest absolute Gasteiger partial charge is 0.319 e. The number of carbonyl (C=O) groups excluding carboxylic acids is 1. The average molecular weight is 346 g/mol. The Hall–Kier alpha value is -3.27. The highest BCUT2D eigenvalue weighted by Gasteiger charge is 2.14. The standard InChI is InChI=1S/C22H22N2O2/c1-2-19(17-11-5-3-6-12-17)23-22(25)24-20-15-9-10-16-21(20)26-18-13-7-4-8-14-18/h3-16,19H,2H2,1H3,(H2,23,24,25). The Balaban J connectivity index is 1.69. The molecule has 0 bridgehead atoms. The molecule has 3 rings (SSSR count). The second kappa shape index (κ2) is 8.72. The van der Waals surface area contributed by atoms with Crippen molar-refractivity contribution in [1.29, 1.82) is 0 Å². The Labute approximate surface area is 153 Å². The lowest BCUT2D eigenvalue weighted by molar-refractivity contribution is 0.248. The number of para-hydroxylation sites is 3. The molecule has 3 aromatic carbocycles. The van der Waals surface area contributed by atoms with Crippen molar-refractivity contribution in [3.63, 3.8) is 0 Å². The van der Waals surface area contributed by atoms with E-state index in [2.05, 4.69) is 10.6 Å². The van der Waals surface area contributed by atoms with Crippen LogP contribution in [0.2, 0.25) is 0 Å². The highest BCUT2D eigenvalue weighted by atomic mass is 16.5. The van der Waals surface area contributed by atoms with Crippen LogP contribution >= 0.6 is 0 Å². The molecule has 0 saturated heterocycles. The molecular formula is C22H22N2O2. The Morgan fingerprint density at radius 3 is 2.19 bits per heavy atom. The molecule has 0 spiro atoms. The summed E-state index contributed by atoms with van der Waals surface area (Å²) in [4.78, 5) is 12.5. The topological polar surface area (TPSA) is 50.4 Å². The predicted octanol–water partition coefficient (Wildman–Crippen LogP) is 5.75. The van der Waals surface area contributed by atoms with Crippen LogP contribution in [-0.4, -0.2) is 6.03 Å². The summed E-state index contributed by atoms with van der Waals surface area (Å²) in [6.45, 7) is 2.05. The summed E-state index contributed by atoms with van der Waals surface area (Å²) in [5.41, 5.74) is 1.70. The fourth-order valence-electron chi connectivity index (χ4n) is 2.70. The molecule has 4 heteroatoms. The highest BCUT2D eigenvalue weighted by molar-refractivity contribution is 5.91. The van der Waals surface area contributed by atoms with Crippen molar-refractivity contribution in [2.45, 2.75) is 19.4 Å². The average Bonchev–Trinajstić information content (AvgIpc) is 2.69. The quantitative estimate of drug-likeness (QED) is 0.597. The normalized spacial score (nSPS) is 11.4. The Kier molecular flexibility index (Phi) is 5.88. The van der Waals surface area contributed by atoms with Crippen molar-refractivity contribution >= 4 is 11.7 Å². The molecule has 0 aliphatic heterocycles. The van der Waals surface area contributed by atoms with E-state index in [0.717, 1.165) is 17.7 Å². The number of carbonyl (C=O) groups is 1. The molecule has 0 saturated carbocycles. The zero-order valence-electron chi connectivity index (χ0n) is 14.7. The minimum Gasteiger partial charge on any atom is -0.455 e. The summed E-state index contributed by atoms with van der Waals surface area (Å²) in [7, 11) is 0. The largest absolute Gasteiger partial charge is 0.455 e. The van der Waals surface area contributed by atoms with Crippen LogP contribution in [0.4, 0.5) is 10.5 Å². The molecule has 2 N–H and O–H groups in total. The van der Waals surface area contributed by atoms with Crippen LogP contribution in [0.25, 0.3) is 0 Å². The lowest BCUT2D eigenvalue weighted by Crippen LogP contribution is -2.32. The van der Waals surface area contributed by atoms with Crippen LogP contribution in [0.3, 0.4) is 0 Å². The number of urea groups is 1. The van der Waals surface area contributed by atoms with Gasteiger partial charge in [-0.25, -0.2) is 4.79 Å². The third-order valence-corrected chi connectivity index (χ3v) is 4.02. The molecule has 0 radical (unpaired) electrons. The lowest BCUT2D eigenvalue weighted by Gasteiger charge is -2.19. The Morgan fingerprint density at radius 2 is 1.50 bits per heavy atom. The van der Waals surface area contributed by atoms with E-state index in [1.165, 1.54) is 0 Å². The molecule has 0 aliphatic carbocycles. The molecule has 132 valence electrons. The van der Waals surface area contributed by atoms with Crippen molar-refractivity contribution in [2.75, 3.05) is 5.32 Å². The minimum absolute atomic E-state index is 0.0431. The number of hydrogen-bond donors (Lipinski definition) is 2. The minimum atomic E-state index is -0.259. The van der Waals surface area contributed by atoms with E-state index < -0.39 is 0 Å². The summed E-state index contributed by atoms with van der Waals surface area (Å²) in [6, 6.07) is 26.5. The van der Waals surface area contributed by atoms with Gasteiger partial charge >= 0.3 is 6.03 Å². The van der Waals surface area contributed by atoms with Crippen LogP contribution in [0.5, 0.6) is 11.5 Å². The van der Waals surface area contributed by atoms with Gasteiger partial charge in [-0.15, -0.1) is 0 Å². The number of ether oxygens (including phenoxy) is 1. The number of anilines is 1. The number of nitrogens with one attached hydrogen (secondary N) is 2. The summed E-state index contributed by atoms with van der Waals surface area (Å²) in [6.07, 6.45) is 0.805. The number of amides is 2. The van der Waals surface area contributed by atoms with Crippen LogP contribution in [0, 0.1) is 0 Å². The molecule has 4 nitrogen and oxygen atoms in total. The molecule has 0 aromatic heterocycles. The fourth-order valence-corrected chi connectivity index (χ4v) is 2.70. The van der Waals surface area contributed by atoms with Gasteiger partial charge in [0.25, 0.3) is 0 Å². The molecule has 2 amide bonds. The van der Waals surface area contributed by atoms with E-state index in [1.807, 2.05) is 91.9 Å². The first-order valence-electron chi connectivity index (χ1n) is 8.70. The van der Waals surface area contributed by atoms with Crippen LogP contribution in [-0.2, 0) is 0 Å². The van der Waals surface area contributed by atoms with Gasteiger partial charge in [-0.3, -0.25) is 0 Å². The third kappa shape index (κ3) is 4.63. The van der Waals surface area contributed by atoms with E-state index in [0.29, 0.717) is 11.4 Å². The lowest BCUT2D eigenvalue weighted by atomic mass is 10.1. The Morgan fingerprint density at radius 1 is 0.885 bits per heavy atom. The molecule has 1 atom stereocenters. The van der Waals surface area contributed by atoms with E-state index in [4.69, 9.17) is 4.74 Å². The van der Waals surface area contributed by atoms with Crippen LogP contribution < -0.4 is 15.4 Å². The first kappa shape index (κ1) is 17.5. The molecule has 1 unspecified atom stereocenters. The van der Waals surface area contributed by atoms with Crippen molar-refractivity contribution < 1.29 is 9.53 Å². The Bertz CT molecular complexity index is 835. The van der Waals surface area contributed by atoms with Crippen LogP contribution in [0.15, 0.2) is 84.9 Å². The summed E-state index contributed by atoms with van der Waals surface area (Å²) < 4.78 is 5.88. The first-order chi connectivity index (χ1) is 12.8. The maximum absolute atomic E-state index is 12.5. The van der Waals surface area contributed by atoms with Crippen LogP contribution in [0.1, 0.15) is 24.9 Å². The molecule has 3 aromatic rings. The fraction of sp³-hybridized carbons (Fsp3) is 0.136. The van der Waals surface area contributed by atoms with Gasteiger partial charge in [0.05, 0.1) is 11.7 Å². The van der Waals surface area contributed by atoms with Gasteiger partial charge in [-0.05, 0) is 36.2 Å². The predicted molar refractivity (Wildman–Crippen MR) is 105 cm³/mol. The van der Waals surface area contributed by atoms with Gasteiger partial charge in [0, 0.05) is 0 Å². The number of benzene rings is 3. The zero-order chi connectivity index (χ0) is 18.2. The summed E-state index contributed by atoms with van der Waals surface area (Å²) >= 11 is 0.